The smallest absolute Gasteiger partial charge is 0.308 e. The minimum absolute atomic E-state index is 0.153. The summed E-state index contributed by atoms with van der Waals surface area (Å²) >= 11 is 0. The number of nitrogens with zero attached hydrogens (tertiary/aromatic N) is 1. The lowest BCUT2D eigenvalue weighted by Gasteiger charge is -2.32. The van der Waals surface area contributed by atoms with Crippen molar-refractivity contribution in [1.29, 1.82) is 5.26 Å². The highest BCUT2D eigenvalue weighted by atomic mass is 31.2. The summed E-state index contributed by atoms with van der Waals surface area (Å²) in [5.74, 6) is 0. The molecule has 2 atom stereocenters. The maximum atomic E-state index is 12.4. The van der Waals surface area contributed by atoms with Gasteiger partial charge in [-0.1, -0.05) is 26.0 Å². The van der Waals surface area contributed by atoms with Gasteiger partial charge in [-0.2, -0.15) is 5.26 Å². The van der Waals surface area contributed by atoms with Crippen LogP contribution >= 0.6 is 7.60 Å². The van der Waals surface area contributed by atoms with Gasteiger partial charge in [-0.15, -0.1) is 0 Å². The maximum absolute atomic E-state index is 12.4. The van der Waals surface area contributed by atoms with Crippen molar-refractivity contribution in [2.45, 2.75) is 32.0 Å². The molecule has 18 heavy (non-hydrogen) atoms. The molecule has 2 rings (SSSR count). The zero-order valence-corrected chi connectivity index (χ0v) is 11.4. The zero-order chi connectivity index (χ0) is 13.2. The highest BCUT2D eigenvalue weighted by Crippen LogP contribution is 2.59. The summed E-state index contributed by atoms with van der Waals surface area (Å²) in [6.07, 6.45) is 0.409. The van der Waals surface area contributed by atoms with Crippen LogP contribution < -0.4 is 0 Å². The van der Waals surface area contributed by atoms with Gasteiger partial charge >= 0.3 is 7.60 Å². The van der Waals surface area contributed by atoms with Crippen molar-refractivity contribution >= 4 is 7.60 Å². The summed E-state index contributed by atoms with van der Waals surface area (Å²) in [4.78, 5) is 0. The molecule has 0 saturated carbocycles. The summed E-state index contributed by atoms with van der Waals surface area (Å²) in [5.41, 5.74) is 1.32. The lowest BCUT2D eigenvalue weighted by atomic mass is 10.0. The van der Waals surface area contributed by atoms with Crippen LogP contribution in [0.15, 0.2) is 24.3 Å². The Morgan fingerprint density at radius 2 is 2.28 bits per heavy atom. The molecule has 0 aliphatic carbocycles. The van der Waals surface area contributed by atoms with Crippen LogP contribution in [0, 0.1) is 11.3 Å². The van der Waals surface area contributed by atoms with Gasteiger partial charge in [0.15, 0.2) is 0 Å². The number of rotatable bonds is 2. The fourth-order valence-corrected chi connectivity index (χ4v) is 3.40. The molecule has 1 aliphatic heterocycles. The van der Waals surface area contributed by atoms with Gasteiger partial charge in [0, 0.05) is 6.42 Å². The SMILES string of the molecule is CC(C)P1(=O)OCCC(c2cccc(C#N)c2)O1. The first kappa shape index (κ1) is 13.3. The van der Waals surface area contributed by atoms with E-state index in [1.807, 2.05) is 26.0 Å². The number of hydrogen-bond acceptors (Lipinski definition) is 4. The van der Waals surface area contributed by atoms with Crippen LogP contribution in [0.1, 0.15) is 37.5 Å². The first-order valence-electron chi connectivity index (χ1n) is 5.98. The lowest BCUT2D eigenvalue weighted by Crippen LogP contribution is -2.18. The van der Waals surface area contributed by atoms with Crippen LogP contribution in [-0.4, -0.2) is 12.3 Å². The number of nitriles is 1. The Morgan fingerprint density at radius 3 is 2.94 bits per heavy atom. The lowest BCUT2D eigenvalue weighted by molar-refractivity contribution is 0.0781. The van der Waals surface area contributed by atoms with E-state index in [2.05, 4.69) is 6.07 Å². The molecule has 1 saturated heterocycles. The quantitative estimate of drug-likeness (QED) is 0.766. The first-order valence-corrected chi connectivity index (χ1v) is 7.59. The van der Waals surface area contributed by atoms with Gasteiger partial charge in [0.2, 0.25) is 0 Å². The predicted molar refractivity (Wildman–Crippen MR) is 68.3 cm³/mol. The molecule has 1 fully saturated rings. The van der Waals surface area contributed by atoms with Crippen molar-refractivity contribution in [3.8, 4) is 6.07 Å². The summed E-state index contributed by atoms with van der Waals surface area (Å²) < 4.78 is 23.3. The maximum Gasteiger partial charge on any atom is 0.333 e. The Balaban J connectivity index is 2.24. The first-order chi connectivity index (χ1) is 8.55. The number of hydrogen-bond donors (Lipinski definition) is 0. The normalized spacial score (nSPS) is 28.0. The summed E-state index contributed by atoms with van der Waals surface area (Å²) in [6.45, 7) is 4.08. The zero-order valence-electron chi connectivity index (χ0n) is 10.5. The van der Waals surface area contributed by atoms with Gasteiger partial charge in [-0.05, 0) is 17.7 Å². The average molecular weight is 265 g/mol. The fourth-order valence-electron chi connectivity index (χ4n) is 1.85. The highest BCUT2D eigenvalue weighted by Gasteiger charge is 2.37. The molecule has 1 aromatic rings. The molecular formula is C13H16NO3P. The standard InChI is InChI=1S/C13H16NO3P/c1-10(2)18(15)16-7-6-13(17-18)12-5-3-4-11(8-12)9-14/h3-5,8,10,13H,6-7H2,1-2H3. The van der Waals surface area contributed by atoms with Gasteiger partial charge in [-0.3, -0.25) is 4.57 Å². The van der Waals surface area contributed by atoms with Crippen molar-refractivity contribution < 1.29 is 13.6 Å². The van der Waals surface area contributed by atoms with Gasteiger partial charge in [0.05, 0.1) is 30.0 Å². The van der Waals surface area contributed by atoms with E-state index in [1.165, 1.54) is 0 Å². The van der Waals surface area contributed by atoms with Crippen molar-refractivity contribution in [3.05, 3.63) is 35.4 Å². The molecule has 5 heteroatoms. The third kappa shape index (κ3) is 2.64. The minimum Gasteiger partial charge on any atom is -0.308 e. The monoisotopic (exact) mass is 265 g/mol. The molecule has 0 spiro atoms. The largest absolute Gasteiger partial charge is 0.333 e. The van der Waals surface area contributed by atoms with Crippen LogP contribution in [0.3, 0.4) is 0 Å². The minimum atomic E-state index is -3.01. The second kappa shape index (κ2) is 5.24. The third-order valence-electron chi connectivity index (χ3n) is 2.95. The molecule has 1 aliphatic rings. The van der Waals surface area contributed by atoms with E-state index in [1.54, 1.807) is 12.1 Å². The molecule has 0 N–H and O–H groups in total. The van der Waals surface area contributed by atoms with E-state index in [0.717, 1.165) is 5.56 Å². The van der Waals surface area contributed by atoms with E-state index >= 15 is 0 Å². The Bertz CT molecular complexity index is 521. The molecule has 0 amide bonds. The molecule has 96 valence electrons. The topological polar surface area (TPSA) is 59.3 Å². The van der Waals surface area contributed by atoms with E-state index in [9.17, 15) is 4.57 Å². The van der Waals surface area contributed by atoms with Gasteiger partial charge < -0.3 is 9.05 Å². The molecule has 2 unspecified atom stereocenters. The number of benzene rings is 1. The third-order valence-corrected chi connectivity index (χ3v) is 5.30. The molecule has 1 heterocycles. The van der Waals surface area contributed by atoms with Crippen LogP contribution in [0.2, 0.25) is 0 Å². The van der Waals surface area contributed by atoms with Crippen LogP contribution in [0.4, 0.5) is 0 Å². The van der Waals surface area contributed by atoms with Crippen molar-refractivity contribution in [1.82, 2.24) is 0 Å². The molecular weight excluding hydrogens is 249 g/mol. The molecule has 0 radical (unpaired) electrons. The van der Waals surface area contributed by atoms with E-state index in [0.29, 0.717) is 18.6 Å². The summed E-state index contributed by atoms with van der Waals surface area (Å²) in [7, 11) is -3.01. The average Bonchev–Trinajstić information content (AvgIpc) is 2.39. The van der Waals surface area contributed by atoms with Crippen molar-refractivity contribution in [2.24, 2.45) is 0 Å². The van der Waals surface area contributed by atoms with Crippen molar-refractivity contribution in [2.75, 3.05) is 6.61 Å². The van der Waals surface area contributed by atoms with Crippen LogP contribution in [0.5, 0.6) is 0 Å². The Kier molecular flexibility index (Phi) is 3.87. The summed E-state index contributed by atoms with van der Waals surface area (Å²) in [5, 5.41) is 8.88. The van der Waals surface area contributed by atoms with Gasteiger partial charge in [0.1, 0.15) is 0 Å². The molecule has 0 bridgehead atoms. The second-order valence-corrected chi connectivity index (χ2v) is 7.17. The molecule has 4 nitrogen and oxygen atoms in total. The van der Waals surface area contributed by atoms with E-state index < -0.39 is 7.60 Å². The van der Waals surface area contributed by atoms with Crippen LogP contribution in [-0.2, 0) is 13.6 Å². The van der Waals surface area contributed by atoms with Crippen molar-refractivity contribution in [3.63, 3.8) is 0 Å². The van der Waals surface area contributed by atoms with E-state index in [-0.39, 0.29) is 11.8 Å². The van der Waals surface area contributed by atoms with Gasteiger partial charge in [0.25, 0.3) is 0 Å². The fraction of sp³-hybridized carbons (Fsp3) is 0.462. The van der Waals surface area contributed by atoms with E-state index in [4.69, 9.17) is 14.3 Å². The molecule has 0 aromatic heterocycles. The predicted octanol–water partition coefficient (Wildman–Crippen LogP) is 3.64. The highest BCUT2D eigenvalue weighted by molar-refractivity contribution is 7.54. The van der Waals surface area contributed by atoms with Crippen LogP contribution in [0.25, 0.3) is 0 Å². The Morgan fingerprint density at radius 1 is 1.50 bits per heavy atom. The van der Waals surface area contributed by atoms with Gasteiger partial charge in [-0.25, -0.2) is 0 Å². The second-order valence-electron chi connectivity index (χ2n) is 4.59. The Hall–Kier alpha value is -1.14. The summed E-state index contributed by atoms with van der Waals surface area (Å²) in [6, 6.07) is 9.32. The Labute approximate surface area is 107 Å². The molecule has 1 aromatic carbocycles.